The standard InChI is InChI=1S/C25H21N2/c1-3-13-22(14-4-1)26-18-21-12-9-17-24(20-10-7-8-11-20)25(21)27(19-26)23-15-5-2-6-16-23/h1-18,20H,19H2/q+1. The molecule has 0 saturated carbocycles. The van der Waals surface area contributed by atoms with Crippen LogP contribution in [0.5, 0.6) is 0 Å². The summed E-state index contributed by atoms with van der Waals surface area (Å²) in [5, 5.41) is 0. The summed E-state index contributed by atoms with van der Waals surface area (Å²) >= 11 is 0. The monoisotopic (exact) mass is 349 g/mol. The van der Waals surface area contributed by atoms with E-state index < -0.39 is 0 Å². The summed E-state index contributed by atoms with van der Waals surface area (Å²) in [6.07, 6.45) is 11.1. The number of allylic oxidation sites excluding steroid dienone is 4. The molecule has 3 aromatic carbocycles. The van der Waals surface area contributed by atoms with E-state index in [4.69, 9.17) is 0 Å². The lowest BCUT2D eigenvalue weighted by molar-refractivity contribution is -0.434. The van der Waals surface area contributed by atoms with Crippen molar-refractivity contribution >= 4 is 23.3 Å². The Kier molecular flexibility index (Phi) is 3.95. The zero-order valence-electron chi connectivity index (χ0n) is 15.1. The number of hydrogen-bond acceptors (Lipinski definition) is 1. The van der Waals surface area contributed by atoms with E-state index in [1.165, 1.54) is 28.2 Å². The zero-order chi connectivity index (χ0) is 18.1. The van der Waals surface area contributed by atoms with Crippen molar-refractivity contribution < 1.29 is 4.58 Å². The highest BCUT2D eigenvalue weighted by Crippen LogP contribution is 2.39. The molecule has 0 aromatic heterocycles. The van der Waals surface area contributed by atoms with Crippen molar-refractivity contribution in [3.05, 3.63) is 114 Å². The van der Waals surface area contributed by atoms with Gasteiger partial charge in [-0.2, -0.15) is 4.58 Å². The molecule has 0 bridgehead atoms. The largest absolute Gasteiger partial charge is 0.285 e. The lowest BCUT2D eigenvalue weighted by Crippen LogP contribution is -2.33. The van der Waals surface area contributed by atoms with Crippen LogP contribution in [0.25, 0.3) is 0 Å². The summed E-state index contributed by atoms with van der Waals surface area (Å²) in [7, 11) is 0. The second-order valence-electron chi connectivity index (χ2n) is 6.92. The molecule has 0 atom stereocenters. The van der Waals surface area contributed by atoms with E-state index >= 15 is 0 Å². The van der Waals surface area contributed by atoms with Gasteiger partial charge in [0.25, 0.3) is 0 Å². The molecule has 2 nitrogen and oxygen atoms in total. The van der Waals surface area contributed by atoms with Gasteiger partial charge in [0.05, 0.1) is 11.3 Å². The van der Waals surface area contributed by atoms with Crippen LogP contribution >= 0.6 is 0 Å². The smallest absolute Gasteiger partial charge is 0.228 e. The van der Waals surface area contributed by atoms with E-state index in [-0.39, 0.29) is 0 Å². The Bertz CT molecular complexity index is 1030. The zero-order valence-corrected chi connectivity index (χ0v) is 15.1. The Balaban J connectivity index is 1.70. The van der Waals surface area contributed by atoms with E-state index in [0.717, 1.165) is 6.67 Å². The first kappa shape index (κ1) is 15.8. The summed E-state index contributed by atoms with van der Waals surface area (Å²) in [4.78, 5) is 2.43. The van der Waals surface area contributed by atoms with Crippen LogP contribution < -0.4 is 4.90 Å². The molecule has 1 heterocycles. The lowest BCUT2D eigenvalue weighted by atomic mass is 9.94. The van der Waals surface area contributed by atoms with Gasteiger partial charge in [-0.15, -0.1) is 0 Å². The van der Waals surface area contributed by atoms with E-state index in [1.54, 1.807) is 0 Å². The minimum Gasteiger partial charge on any atom is -0.285 e. The fourth-order valence-electron chi connectivity index (χ4n) is 3.93. The molecule has 0 spiro atoms. The number of nitrogens with zero attached hydrogens (tertiary/aromatic N) is 2. The first-order valence-corrected chi connectivity index (χ1v) is 9.37. The van der Waals surface area contributed by atoms with Crippen molar-refractivity contribution in [1.29, 1.82) is 0 Å². The third kappa shape index (κ3) is 2.89. The number of fused-ring (bicyclic) bond motifs is 1. The summed E-state index contributed by atoms with van der Waals surface area (Å²) in [6, 6.07) is 27.9. The SMILES string of the molecule is C1=CC(c2cccc3c2N(c2ccccc2)C[N+](c2ccccc2)=C3)C=C1. The maximum atomic E-state index is 2.43. The summed E-state index contributed by atoms with van der Waals surface area (Å²) in [6.45, 7) is 0.790. The van der Waals surface area contributed by atoms with Gasteiger partial charge in [0.1, 0.15) is 0 Å². The minimum atomic E-state index is 0.336. The fourth-order valence-corrected chi connectivity index (χ4v) is 3.93. The molecular weight excluding hydrogens is 328 g/mol. The molecule has 27 heavy (non-hydrogen) atoms. The van der Waals surface area contributed by atoms with Crippen LogP contribution in [0, 0.1) is 0 Å². The molecule has 0 N–H and O–H groups in total. The van der Waals surface area contributed by atoms with E-state index in [0.29, 0.717) is 5.92 Å². The highest BCUT2D eigenvalue weighted by atomic mass is 15.3. The van der Waals surface area contributed by atoms with Crippen molar-refractivity contribution in [1.82, 2.24) is 0 Å². The maximum Gasteiger partial charge on any atom is 0.228 e. The first-order valence-electron chi connectivity index (χ1n) is 9.37. The van der Waals surface area contributed by atoms with Crippen molar-refractivity contribution in [3.8, 4) is 0 Å². The van der Waals surface area contributed by atoms with Crippen LogP contribution in [0.2, 0.25) is 0 Å². The van der Waals surface area contributed by atoms with Crippen LogP contribution in [0.15, 0.2) is 103 Å². The van der Waals surface area contributed by atoms with Gasteiger partial charge >= 0.3 is 0 Å². The molecule has 0 radical (unpaired) electrons. The Morgan fingerprint density at radius 2 is 1.44 bits per heavy atom. The summed E-state index contributed by atoms with van der Waals surface area (Å²) in [5.74, 6) is 0.336. The molecular formula is C25H21N2+. The Morgan fingerprint density at radius 3 is 2.19 bits per heavy atom. The molecule has 5 rings (SSSR count). The second-order valence-corrected chi connectivity index (χ2v) is 6.92. The summed E-state index contributed by atoms with van der Waals surface area (Å²) in [5.41, 5.74) is 6.32. The lowest BCUT2D eigenvalue weighted by Gasteiger charge is -2.30. The molecule has 1 aliphatic carbocycles. The third-order valence-electron chi connectivity index (χ3n) is 5.22. The van der Waals surface area contributed by atoms with Gasteiger partial charge in [-0.05, 0) is 23.8 Å². The minimum absolute atomic E-state index is 0.336. The number of benzene rings is 3. The van der Waals surface area contributed by atoms with Gasteiger partial charge in [0.15, 0.2) is 6.21 Å². The van der Waals surface area contributed by atoms with Crippen molar-refractivity contribution in [2.45, 2.75) is 5.92 Å². The predicted molar refractivity (Wildman–Crippen MR) is 112 cm³/mol. The number of hydrogen-bond donors (Lipinski definition) is 0. The Hall–Kier alpha value is -3.39. The highest BCUT2D eigenvalue weighted by Gasteiger charge is 2.29. The number of anilines is 2. The van der Waals surface area contributed by atoms with E-state index in [9.17, 15) is 0 Å². The first-order chi connectivity index (χ1) is 13.4. The van der Waals surface area contributed by atoms with E-state index in [2.05, 4.69) is 119 Å². The molecule has 0 saturated heterocycles. The third-order valence-corrected chi connectivity index (χ3v) is 5.22. The van der Waals surface area contributed by atoms with Crippen LogP contribution in [0.3, 0.4) is 0 Å². The molecule has 3 aromatic rings. The van der Waals surface area contributed by atoms with Crippen molar-refractivity contribution in [2.75, 3.05) is 11.6 Å². The fraction of sp³-hybridized carbons (Fsp3) is 0.0800. The molecule has 0 fully saturated rings. The number of rotatable bonds is 3. The van der Waals surface area contributed by atoms with Crippen LogP contribution in [-0.2, 0) is 0 Å². The average Bonchev–Trinajstić information content (AvgIpc) is 3.28. The highest BCUT2D eigenvalue weighted by molar-refractivity contribution is 5.91. The van der Waals surface area contributed by atoms with Crippen LogP contribution in [0.1, 0.15) is 17.0 Å². The molecule has 2 heteroatoms. The van der Waals surface area contributed by atoms with Crippen LogP contribution in [-0.4, -0.2) is 17.5 Å². The summed E-state index contributed by atoms with van der Waals surface area (Å²) < 4.78 is 2.32. The topological polar surface area (TPSA) is 6.25 Å². The van der Waals surface area contributed by atoms with Gasteiger partial charge < -0.3 is 0 Å². The van der Waals surface area contributed by atoms with Crippen LogP contribution in [0.4, 0.5) is 17.1 Å². The van der Waals surface area contributed by atoms with Gasteiger partial charge in [0, 0.05) is 23.7 Å². The van der Waals surface area contributed by atoms with Gasteiger partial charge in [-0.25, -0.2) is 0 Å². The maximum absolute atomic E-state index is 2.43. The molecule has 2 aliphatic rings. The Morgan fingerprint density at radius 1 is 0.741 bits per heavy atom. The molecule has 0 unspecified atom stereocenters. The van der Waals surface area contributed by atoms with Gasteiger partial charge in [-0.1, -0.05) is 72.8 Å². The number of para-hydroxylation sites is 3. The van der Waals surface area contributed by atoms with Crippen molar-refractivity contribution in [3.63, 3.8) is 0 Å². The quantitative estimate of drug-likeness (QED) is 0.544. The van der Waals surface area contributed by atoms with Gasteiger partial charge in [0.2, 0.25) is 12.4 Å². The molecule has 130 valence electrons. The second kappa shape index (κ2) is 6.73. The predicted octanol–water partition coefficient (Wildman–Crippen LogP) is 5.77. The van der Waals surface area contributed by atoms with Crippen molar-refractivity contribution in [2.24, 2.45) is 0 Å². The van der Waals surface area contributed by atoms with E-state index in [1.807, 2.05) is 0 Å². The average molecular weight is 349 g/mol. The Labute approximate surface area is 160 Å². The molecule has 0 amide bonds. The normalized spacial score (nSPS) is 15.7. The molecule has 1 aliphatic heterocycles. The van der Waals surface area contributed by atoms with Gasteiger partial charge in [-0.3, -0.25) is 4.90 Å².